The highest BCUT2D eigenvalue weighted by atomic mass is 16.5. The molecule has 8 nitrogen and oxygen atoms in total. The molecule has 1 spiro atoms. The van der Waals surface area contributed by atoms with Crippen LogP contribution in [-0.4, -0.2) is 60.2 Å². The van der Waals surface area contributed by atoms with Crippen LogP contribution in [0.3, 0.4) is 0 Å². The molecule has 4 fully saturated rings. The third-order valence-corrected chi connectivity index (χ3v) is 8.58. The number of nitrogens with zero attached hydrogens (tertiary/aromatic N) is 1. The number of hydrogen-bond acceptors (Lipinski definition) is 5. The van der Waals surface area contributed by atoms with Gasteiger partial charge in [-0.3, -0.25) is 9.59 Å². The second kappa shape index (κ2) is 10.8. The van der Waals surface area contributed by atoms with Crippen LogP contribution in [0.4, 0.5) is 4.79 Å². The lowest BCUT2D eigenvalue weighted by atomic mass is 9.67. The summed E-state index contributed by atoms with van der Waals surface area (Å²) in [5.74, 6) is 0.214. The van der Waals surface area contributed by atoms with Gasteiger partial charge in [-0.15, -0.1) is 0 Å². The molecule has 1 aromatic rings. The molecule has 4 atom stereocenters. The van der Waals surface area contributed by atoms with Crippen molar-refractivity contribution in [2.45, 2.75) is 95.6 Å². The van der Waals surface area contributed by atoms with E-state index in [0.717, 1.165) is 70.0 Å². The van der Waals surface area contributed by atoms with Crippen molar-refractivity contribution in [3.63, 3.8) is 0 Å². The summed E-state index contributed by atoms with van der Waals surface area (Å²) < 4.78 is 11.2. The predicted octanol–water partition coefficient (Wildman–Crippen LogP) is 3.54. The molecule has 1 aromatic carbocycles. The van der Waals surface area contributed by atoms with Crippen molar-refractivity contribution in [3.05, 3.63) is 35.9 Å². The van der Waals surface area contributed by atoms with Gasteiger partial charge >= 0.3 is 6.09 Å². The molecular weight excluding hydrogens is 458 g/mol. The Bertz CT molecular complexity index is 938. The lowest BCUT2D eigenvalue weighted by molar-refractivity contribution is -0.152. The van der Waals surface area contributed by atoms with Gasteiger partial charge in [-0.2, -0.15) is 0 Å². The summed E-state index contributed by atoms with van der Waals surface area (Å²) >= 11 is 0. The Morgan fingerprint density at radius 1 is 1.11 bits per heavy atom. The number of hydrogen-bond donors (Lipinski definition) is 2. The van der Waals surface area contributed by atoms with Crippen molar-refractivity contribution in [2.24, 2.45) is 11.3 Å². The van der Waals surface area contributed by atoms with Crippen LogP contribution in [-0.2, 0) is 25.7 Å². The van der Waals surface area contributed by atoms with Crippen LogP contribution in [0, 0.1) is 11.3 Å². The van der Waals surface area contributed by atoms with Crippen LogP contribution in [0.1, 0.15) is 70.3 Å². The minimum absolute atomic E-state index is 0.0686. The third-order valence-electron chi connectivity index (χ3n) is 8.58. The van der Waals surface area contributed by atoms with Gasteiger partial charge in [0.25, 0.3) is 0 Å². The van der Waals surface area contributed by atoms with Crippen molar-refractivity contribution >= 4 is 17.9 Å². The van der Waals surface area contributed by atoms with Crippen molar-refractivity contribution in [2.75, 3.05) is 13.1 Å². The average Bonchev–Trinajstić information content (AvgIpc) is 3.51. The highest BCUT2D eigenvalue weighted by Crippen LogP contribution is 2.46. The summed E-state index contributed by atoms with van der Waals surface area (Å²) in [7, 11) is 0. The zero-order chi connectivity index (χ0) is 25.1. The molecule has 3 heterocycles. The molecule has 3 aliphatic heterocycles. The smallest absolute Gasteiger partial charge is 0.408 e. The minimum atomic E-state index is -0.602. The van der Waals surface area contributed by atoms with E-state index in [0.29, 0.717) is 12.5 Å². The lowest BCUT2D eigenvalue weighted by Crippen LogP contribution is -2.62. The first-order valence-corrected chi connectivity index (χ1v) is 13.7. The van der Waals surface area contributed by atoms with Gasteiger partial charge in [0.1, 0.15) is 12.6 Å². The molecule has 1 aliphatic carbocycles. The van der Waals surface area contributed by atoms with E-state index in [4.69, 9.17) is 9.47 Å². The minimum Gasteiger partial charge on any atom is -0.445 e. The van der Waals surface area contributed by atoms with E-state index in [2.05, 4.69) is 10.6 Å². The topological polar surface area (TPSA) is 97.0 Å². The summed E-state index contributed by atoms with van der Waals surface area (Å²) in [5, 5.41) is 5.90. The van der Waals surface area contributed by atoms with Gasteiger partial charge in [0, 0.05) is 24.5 Å². The maximum Gasteiger partial charge on any atom is 0.408 e. The number of rotatable bonds is 8. The Hall–Kier alpha value is -2.61. The first-order valence-electron chi connectivity index (χ1n) is 13.7. The zero-order valence-electron chi connectivity index (χ0n) is 21.2. The van der Waals surface area contributed by atoms with Crippen LogP contribution < -0.4 is 10.6 Å². The number of carbonyl (C=O) groups excluding carboxylic acids is 3. The number of carbonyl (C=O) groups is 3. The molecule has 36 heavy (non-hydrogen) atoms. The fourth-order valence-electron chi connectivity index (χ4n) is 6.51. The normalized spacial score (nSPS) is 27.4. The van der Waals surface area contributed by atoms with Gasteiger partial charge in [0.05, 0.1) is 18.1 Å². The third kappa shape index (κ3) is 5.53. The number of ether oxygens (including phenoxy) is 2. The lowest BCUT2D eigenvalue weighted by Gasteiger charge is -2.54. The number of likely N-dealkylation sites (tertiary alicyclic amines) is 1. The van der Waals surface area contributed by atoms with Crippen molar-refractivity contribution < 1.29 is 23.9 Å². The van der Waals surface area contributed by atoms with E-state index in [1.807, 2.05) is 42.2 Å². The maximum absolute atomic E-state index is 13.0. The van der Waals surface area contributed by atoms with E-state index in [-0.39, 0.29) is 41.9 Å². The molecule has 1 saturated carbocycles. The van der Waals surface area contributed by atoms with Crippen molar-refractivity contribution in [1.82, 2.24) is 15.5 Å². The second-order valence-corrected chi connectivity index (χ2v) is 11.2. The molecule has 8 heteroatoms. The van der Waals surface area contributed by atoms with Crippen molar-refractivity contribution in [1.29, 1.82) is 0 Å². The summed E-state index contributed by atoms with van der Waals surface area (Å²) in [5.41, 5.74) is 1.11. The molecule has 2 unspecified atom stereocenters. The Kier molecular flexibility index (Phi) is 7.51. The molecule has 196 valence electrons. The summed E-state index contributed by atoms with van der Waals surface area (Å²) in [4.78, 5) is 40.2. The van der Waals surface area contributed by atoms with Crippen LogP contribution in [0.5, 0.6) is 0 Å². The van der Waals surface area contributed by atoms with Gasteiger partial charge in [-0.25, -0.2) is 4.79 Å². The fraction of sp³-hybridized carbons (Fsp3) is 0.679. The second-order valence-electron chi connectivity index (χ2n) is 11.2. The van der Waals surface area contributed by atoms with Gasteiger partial charge in [-0.1, -0.05) is 43.7 Å². The zero-order valence-corrected chi connectivity index (χ0v) is 21.2. The molecule has 2 N–H and O–H groups in total. The molecule has 3 amide bonds. The largest absolute Gasteiger partial charge is 0.445 e. The van der Waals surface area contributed by atoms with Crippen LogP contribution in [0.25, 0.3) is 0 Å². The SMILES string of the molecule is CCCC(NC(=O)OCc1ccccc1)C(=O)NC1CCC2(CC1)CN(C(=O)C1C[C@H]3CC[C@H]1O3)C2. The average molecular weight is 498 g/mol. The van der Waals surface area contributed by atoms with Crippen molar-refractivity contribution in [3.8, 4) is 0 Å². The van der Waals surface area contributed by atoms with E-state index in [1.165, 1.54) is 0 Å². The Balaban J connectivity index is 1.04. The van der Waals surface area contributed by atoms with Crippen LogP contribution in [0.15, 0.2) is 30.3 Å². The standard InChI is InChI=1S/C28H39N3O5/c1-2-6-23(30-27(34)35-16-19-7-4-3-5-8-19)25(32)29-20-11-13-28(14-12-20)17-31(18-28)26(33)22-15-21-9-10-24(22)36-21/h3-5,7-8,20-24H,2,6,9-18H2,1H3,(H,29,32)(H,30,34)/t21-,22?,23?,24-/m1/s1. The van der Waals surface area contributed by atoms with Gasteiger partial charge in [0.15, 0.2) is 0 Å². The van der Waals surface area contributed by atoms with E-state index in [1.54, 1.807) is 0 Å². The maximum atomic E-state index is 13.0. The molecule has 0 radical (unpaired) electrons. The quantitative estimate of drug-likeness (QED) is 0.573. The summed E-state index contributed by atoms with van der Waals surface area (Å²) in [6, 6.07) is 8.99. The molecule has 2 bridgehead atoms. The number of benzene rings is 1. The van der Waals surface area contributed by atoms with Crippen LogP contribution >= 0.6 is 0 Å². The first kappa shape index (κ1) is 25.1. The molecular formula is C28H39N3O5. The molecule has 5 rings (SSSR count). The van der Waals surface area contributed by atoms with Crippen LogP contribution in [0.2, 0.25) is 0 Å². The molecule has 4 aliphatic rings. The predicted molar refractivity (Wildman–Crippen MR) is 134 cm³/mol. The highest BCUT2D eigenvalue weighted by molar-refractivity contribution is 5.85. The Morgan fingerprint density at radius 2 is 1.86 bits per heavy atom. The van der Waals surface area contributed by atoms with E-state index in [9.17, 15) is 14.4 Å². The molecule has 0 aromatic heterocycles. The Labute approximate surface area is 213 Å². The summed E-state index contributed by atoms with van der Waals surface area (Å²) in [6.07, 6.45) is 8.08. The molecule has 3 saturated heterocycles. The number of alkyl carbamates (subject to hydrolysis) is 1. The van der Waals surface area contributed by atoms with Gasteiger partial charge in [-0.05, 0) is 56.9 Å². The Morgan fingerprint density at radius 3 is 2.50 bits per heavy atom. The van der Waals surface area contributed by atoms with Gasteiger partial charge in [0.2, 0.25) is 11.8 Å². The number of fused-ring (bicyclic) bond motifs is 2. The highest BCUT2D eigenvalue weighted by Gasteiger charge is 2.52. The number of nitrogens with one attached hydrogen (secondary N) is 2. The van der Waals surface area contributed by atoms with E-state index >= 15 is 0 Å². The van der Waals surface area contributed by atoms with Gasteiger partial charge < -0.3 is 25.0 Å². The fourth-order valence-corrected chi connectivity index (χ4v) is 6.51. The summed E-state index contributed by atoms with van der Waals surface area (Å²) in [6.45, 7) is 3.85. The monoisotopic (exact) mass is 497 g/mol. The first-order chi connectivity index (χ1) is 17.4. The number of amides is 3. The van der Waals surface area contributed by atoms with E-state index < -0.39 is 12.1 Å².